The van der Waals surface area contributed by atoms with Gasteiger partial charge in [-0.25, -0.2) is 0 Å². The van der Waals surface area contributed by atoms with Crippen molar-refractivity contribution in [1.82, 2.24) is 5.32 Å². The first kappa shape index (κ1) is 12.4. The molecule has 1 N–H and O–H groups in total. The van der Waals surface area contributed by atoms with Crippen LogP contribution in [-0.4, -0.2) is 12.3 Å². The summed E-state index contributed by atoms with van der Waals surface area (Å²) in [6.07, 6.45) is 0.670. The van der Waals surface area contributed by atoms with E-state index >= 15 is 0 Å². The van der Waals surface area contributed by atoms with Crippen LogP contribution in [0.3, 0.4) is 0 Å². The van der Waals surface area contributed by atoms with E-state index in [1.807, 2.05) is 19.1 Å². The summed E-state index contributed by atoms with van der Waals surface area (Å²) in [5, 5.41) is 2.14. The second-order valence-corrected chi connectivity index (χ2v) is 4.20. The predicted molar refractivity (Wildman–Crippen MR) is 63.2 cm³/mol. The molecule has 0 aliphatic carbocycles. The average Bonchev–Trinajstić information content (AvgIpc) is 2.21. The van der Waals surface area contributed by atoms with Crippen molar-refractivity contribution < 1.29 is 9.59 Å². The van der Waals surface area contributed by atoms with Crippen LogP contribution in [0.25, 0.3) is 0 Å². The molecule has 3 heteroatoms. The van der Waals surface area contributed by atoms with Gasteiger partial charge in [0.25, 0.3) is 0 Å². The summed E-state index contributed by atoms with van der Waals surface area (Å²) < 4.78 is 0. The van der Waals surface area contributed by atoms with Gasteiger partial charge in [-0.2, -0.15) is 0 Å². The molecule has 0 aliphatic rings. The zero-order chi connectivity index (χ0) is 12.1. The van der Waals surface area contributed by atoms with E-state index in [4.69, 9.17) is 0 Å². The molecule has 0 unspecified atom stereocenters. The molecule has 1 rings (SSSR count). The van der Waals surface area contributed by atoms with Crippen LogP contribution in [0.4, 0.5) is 0 Å². The summed E-state index contributed by atoms with van der Waals surface area (Å²) in [6.45, 7) is 6.25. The molecule has 0 atom stereocenters. The zero-order valence-electron chi connectivity index (χ0n) is 9.91. The number of benzene rings is 1. The predicted octanol–water partition coefficient (Wildman–Crippen LogP) is 1.93. The molecule has 3 nitrogen and oxygen atoms in total. The summed E-state index contributed by atoms with van der Waals surface area (Å²) in [6, 6.07) is 6.07. The first-order chi connectivity index (χ1) is 7.54. The van der Waals surface area contributed by atoms with Crippen molar-refractivity contribution in [2.24, 2.45) is 0 Å². The average molecular weight is 219 g/mol. The van der Waals surface area contributed by atoms with Crippen LogP contribution in [0.2, 0.25) is 0 Å². The molecule has 1 aromatic carbocycles. The lowest BCUT2D eigenvalue weighted by Gasteiger charge is -2.10. The van der Waals surface area contributed by atoms with Crippen molar-refractivity contribution in [3.8, 4) is 0 Å². The van der Waals surface area contributed by atoms with Crippen LogP contribution in [0.5, 0.6) is 0 Å². The van der Waals surface area contributed by atoms with E-state index in [9.17, 15) is 9.59 Å². The maximum atomic E-state index is 11.2. The van der Waals surface area contributed by atoms with Gasteiger partial charge < -0.3 is 0 Å². The lowest BCUT2D eigenvalue weighted by atomic mass is 9.96. The summed E-state index contributed by atoms with van der Waals surface area (Å²) in [5.41, 5.74) is 3.31. The first-order valence-electron chi connectivity index (χ1n) is 5.37. The minimum Gasteiger partial charge on any atom is -0.299 e. The summed E-state index contributed by atoms with van der Waals surface area (Å²) in [7, 11) is 0. The quantitative estimate of drug-likeness (QED) is 0.786. The van der Waals surface area contributed by atoms with Gasteiger partial charge in [-0.3, -0.25) is 14.9 Å². The molecule has 0 heterocycles. The van der Waals surface area contributed by atoms with Gasteiger partial charge in [0.1, 0.15) is 0 Å². The third kappa shape index (κ3) is 3.19. The van der Waals surface area contributed by atoms with Gasteiger partial charge in [0.2, 0.25) is 12.3 Å². The molecular weight excluding hydrogens is 202 g/mol. The van der Waals surface area contributed by atoms with Crippen molar-refractivity contribution in [1.29, 1.82) is 0 Å². The minimum atomic E-state index is -0.268. The highest BCUT2D eigenvalue weighted by Crippen LogP contribution is 2.18. The van der Waals surface area contributed by atoms with E-state index in [0.717, 1.165) is 11.1 Å². The Morgan fingerprint density at radius 3 is 2.62 bits per heavy atom. The van der Waals surface area contributed by atoms with Crippen LogP contribution in [0.15, 0.2) is 18.2 Å². The van der Waals surface area contributed by atoms with Crippen molar-refractivity contribution in [3.05, 3.63) is 34.9 Å². The second-order valence-electron chi connectivity index (χ2n) is 4.20. The fourth-order valence-electron chi connectivity index (χ4n) is 1.57. The molecule has 0 saturated heterocycles. The Morgan fingerprint density at radius 2 is 2.12 bits per heavy atom. The topological polar surface area (TPSA) is 46.2 Å². The molecule has 1 aromatic rings. The van der Waals surface area contributed by atoms with E-state index < -0.39 is 0 Å². The third-order valence-corrected chi connectivity index (χ3v) is 2.60. The van der Waals surface area contributed by atoms with Gasteiger partial charge >= 0.3 is 0 Å². The molecule has 2 amide bonds. The minimum absolute atomic E-state index is 0.253. The first-order valence-corrected chi connectivity index (χ1v) is 5.37. The molecule has 0 aliphatic heterocycles. The fourth-order valence-corrected chi connectivity index (χ4v) is 1.57. The van der Waals surface area contributed by atoms with Crippen molar-refractivity contribution in [3.63, 3.8) is 0 Å². The number of nitrogens with one attached hydrogen (secondary N) is 1. The zero-order valence-corrected chi connectivity index (χ0v) is 9.91. The van der Waals surface area contributed by atoms with E-state index in [0.29, 0.717) is 12.3 Å². The second kappa shape index (κ2) is 5.45. The number of imide groups is 1. The Kier molecular flexibility index (Phi) is 4.23. The van der Waals surface area contributed by atoms with Gasteiger partial charge in [0.15, 0.2) is 0 Å². The molecule has 0 spiro atoms. The standard InChI is InChI=1S/C13H17NO2/c1-9(2)11-4-5-12(10(3)6-11)7-13(16)14-8-15/h4-6,8-9H,7H2,1-3H3,(H,14,15,16). The van der Waals surface area contributed by atoms with Crippen LogP contribution < -0.4 is 5.32 Å². The molecule has 0 aromatic heterocycles. The number of aryl methyl sites for hydroxylation is 1. The van der Waals surface area contributed by atoms with Crippen molar-refractivity contribution in [2.75, 3.05) is 0 Å². The Hall–Kier alpha value is -1.64. The molecule has 0 saturated carbocycles. The largest absolute Gasteiger partial charge is 0.299 e. The number of amides is 2. The van der Waals surface area contributed by atoms with Gasteiger partial charge in [-0.05, 0) is 29.5 Å². The maximum absolute atomic E-state index is 11.2. The maximum Gasteiger partial charge on any atom is 0.230 e. The molecule has 86 valence electrons. The monoisotopic (exact) mass is 219 g/mol. The molecule has 16 heavy (non-hydrogen) atoms. The van der Waals surface area contributed by atoms with Gasteiger partial charge in [-0.1, -0.05) is 32.0 Å². The molecule has 0 fully saturated rings. The van der Waals surface area contributed by atoms with Crippen LogP contribution in [-0.2, 0) is 16.0 Å². The van der Waals surface area contributed by atoms with Crippen molar-refractivity contribution >= 4 is 12.3 Å². The summed E-state index contributed by atoms with van der Waals surface area (Å²) in [5.74, 6) is 0.215. The number of carbonyl (C=O) groups is 2. The SMILES string of the molecule is Cc1cc(C(C)C)ccc1CC(=O)NC=O. The van der Waals surface area contributed by atoms with E-state index in [-0.39, 0.29) is 12.3 Å². The third-order valence-electron chi connectivity index (χ3n) is 2.60. The van der Waals surface area contributed by atoms with E-state index in [1.165, 1.54) is 5.56 Å². The summed E-state index contributed by atoms with van der Waals surface area (Å²) >= 11 is 0. The highest BCUT2D eigenvalue weighted by Gasteiger charge is 2.07. The molecule has 0 bridgehead atoms. The number of hydrogen-bond donors (Lipinski definition) is 1. The Morgan fingerprint density at radius 1 is 1.44 bits per heavy atom. The number of carbonyl (C=O) groups excluding carboxylic acids is 2. The fraction of sp³-hybridized carbons (Fsp3) is 0.385. The highest BCUT2D eigenvalue weighted by atomic mass is 16.2. The van der Waals surface area contributed by atoms with Crippen LogP contribution in [0.1, 0.15) is 36.5 Å². The van der Waals surface area contributed by atoms with Gasteiger partial charge in [-0.15, -0.1) is 0 Å². The molecular formula is C13H17NO2. The Balaban J connectivity index is 2.83. The van der Waals surface area contributed by atoms with Gasteiger partial charge in [0.05, 0.1) is 6.42 Å². The Bertz CT molecular complexity index is 397. The number of rotatable bonds is 4. The smallest absolute Gasteiger partial charge is 0.230 e. The van der Waals surface area contributed by atoms with E-state index in [1.54, 1.807) is 0 Å². The van der Waals surface area contributed by atoms with Crippen LogP contribution in [0, 0.1) is 6.92 Å². The lowest BCUT2D eigenvalue weighted by Crippen LogP contribution is -2.23. The number of hydrogen-bond acceptors (Lipinski definition) is 2. The summed E-state index contributed by atoms with van der Waals surface area (Å²) in [4.78, 5) is 21.3. The van der Waals surface area contributed by atoms with Gasteiger partial charge in [0, 0.05) is 0 Å². The normalized spacial score (nSPS) is 10.2. The van der Waals surface area contributed by atoms with E-state index in [2.05, 4.69) is 25.2 Å². The van der Waals surface area contributed by atoms with Crippen LogP contribution >= 0.6 is 0 Å². The Labute approximate surface area is 95.9 Å². The molecule has 0 radical (unpaired) electrons. The highest BCUT2D eigenvalue weighted by molar-refractivity contribution is 5.87. The lowest BCUT2D eigenvalue weighted by molar-refractivity contribution is -0.124. The van der Waals surface area contributed by atoms with Crippen molar-refractivity contribution in [2.45, 2.75) is 33.1 Å².